The van der Waals surface area contributed by atoms with Crippen molar-refractivity contribution in [3.63, 3.8) is 0 Å². The van der Waals surface area contributed by atoms with E-state index in [1.54, 1.807) is 8.61 Å². The first-order valence-corrected chi connectivity index (χ1v) is 9.96. The van der Waals surface area contributed by atoms with E-state index in [9.17, 15) is 8.42 Å². The third kappa shape index (κ3) is 4.18. The average Bonchev–Trinajstić information content (AvgIpc) is 2.74. The van der Waals surface area contributed by atoms with Gasteiger partial charge < -0.3 is 5.73 Å². The highest BCUT2D eigenvalue weighted by Gasteiger charge is 2.36. The molecule has 0 aromatic rings. The summed E-state index contributed by atoms with van der Waals surface area (Å²) in [5.41, 5.74) is 5.79. The van der Waals surface area contributed by atoms with Crippen molar-refractivity contribution in [3.05, 3.63) is 0 Å². The van der Waals surface area contributed by atoms with Gasteiger partial charge in [0.2, 0.25) is 0 Å². The maximum atomic E-state index is 12.9. The molecular weight excluding hydrogens is 286 g/mol. The third-order valence-corrected chi connectivity index (χ3v) is 7.06. The Hall–Kier alpha value is -0.170. The van der Waals surface area contributed by atoms with Crippen LogP contribution in [0.4, 0.5) is 0 Å². The summed E-state index contributed by atoms with van der Waals surface area (Å²) >= 11 is 0. The van der Waals surface area contributed by atoms with E-state index in [4.69, 9.17) is 5.73 Å². The van der Waals surface area contributed by atoms with E-state index in [1.807, 2.05) is 0 Å². The molecule has 124 valence electrons. The molecule has 0 aromatic carbocycles. The number of hydrogen-bond donors (Lipinski definition) is 1. The molecule has 0 aromatic heterocycles. The van der Waals surface area contributed by atoms with Crippen LogP contribution in [0.15, 0.2) is 0 Å². The van der Waals surface area contributed by atoms with Crippen molar-refractivity contribution in [2.75, 3.05) is 26.2 Å². The molecular formula is C15H31N3O2S. The summed E-state index contributed by atoms with van der Waals surface area (Å²) in [6.07, 6.45) is 8.54. The van der Waals surface area contributed by atoms with Crippen molar-refractivity contribution in [2.24, 2.45) is 11.7 Å². The van der Waals surface area contributed by atoms with Gasteiger partial charge in [0.25, 0.3) is 10.2 Å². The number of nitrogens with two attached hydrogens (primary N) is 1. The molecule has 6 heteroatoms. The minimum atomic E-state index is -3.32. The Morgan fingerprint density at radius 1 is 1.05 bits per heavy atom. The highest BCUT2D eigenvalue weighted by molar-refractivity contribution is 7.86. The van der Waals surface area contributed by atoms with Crippen LogP contribution in [0.2, 0.25) is 0 Å². The number of hydrogen-bond acceptors (Lipinski definition) is 3. The van der Waals surface area contributed by atoms with Crippen molar-refractivity contribution >= 4 is 10.2 Å². The largest absolute Gasteiger partial charge is 0.329 e. The van der Waals surface area contributed by atoms with Gasteiger partial charge in [-0.1, -0.05) is 26.2 Å². The first kappa shape index (κ1) is 17.2. The van der Waals surface area contributed by atoms with Gasteiger partial charge in [0.05, 0.1) is 0 Å². The predicted molar refractivity (Wildman–Crippen MR) is 86.1 cm³/mol. The molecule has 2 rings (SSSR count). The lowest BCUT2D eigenvalue weighted by atomic mass is 9.96. The standard InChI is InChI=1S/C15H31N3O2S/c1-2-6-14-7-5-10-17(12-9-14)21(19,20)18-11-4-3-8-15(18)13-16/h14-15H,2-13,16H2,1H3. The molecule has 2 fully saturated rings. The zero-order chi connectivity index (χ0) is 15.3. The fourth-order valence-electron chi connectivity index (χ4n) is 3.73. The molecule has 0 aliphatic carbocycles. The molecule has 5 nitrogen and oxygen atoms in total. The molecule has 2 heterocycles. The lowest BCUT2D eigenvalue weighted by molar-refractivity contribution is 0.235. The fourth-order valence-corrected chi connectivity index (χ4v) is 5.65. The van der Waals surface area contributed by atoms with Gasteiger partial charge in [-0.15, -0.1) is 0 Å². The second-order valence-corrected chi connectivity index (χ2v) is 8.37. The minimum absolute atomic E-state index is 0.00144. The molecule has 0 spiro atoms. The van der Waals surface area contributed by atoms with E-state index in [0.717, 1.165) is 32.1 Å². The Morgan fingerprint density at radius 2 is 1.86 bits per heavy atom. The van der Waals surface area contributed by atoms with Crippen LogP contribution in [0, 0.1) is 5.92 Å². The number of piperidine rings is 1. The minimum Gasteiger partial charge on any atom is -0.329 e. The van der Waals surface area contributed by atoms with Gasteiger partial charge in [-0.05, 0) is 38.0 Å². The van der Waals surface area contributed by atoms with Gasteiger partial charge in [-0.3, -0.25) is 0 Å². The van der Waals surface area contributed by atoms with Crippen molar-refractivity contribution in [1.82, 2.24) is 8.61 Å². The van der Waals surface area contributed by atoms with Crippen LogP contribution in [0.1, 0.15) is 58.3 Å². The molecule has 2 saturated heterocycles. The van der Waals surface area contributed by atoms with E-state index in [2.05, 4.69) is 6.92 Å². The predicted octanol–water partition coefficient (Wildman–Crippen LogP) is 1.95. The molecule has 2 aliphatic heterocycles. The highest BCUT2D eigenvalue weighted by Crippen LogP contribution is 2.27. The number of nitrogens with zero attached hydrogens (tertiary/aromatic N) is 2. The van der Waals surface area contributed by atoms with E-state index >= 15 is 0 Å². The normalized spacial score (nSPS) is 30.2. The van der Waals surface area contributed by atoms with Gasteiger partial charge in [-0.25, -0.2) is 0 Å². The maximum Gasteiger partial charge on any atom is 0.282 e. The molecule has 2 unspecified atom stereocenters. The zero-order valence-electron chi connectivity index (χ0n) is 13.3. The quantitative estimate of drug-likeness (QED) is 0.843. The van der Waals surface area contributed by atoms with Gasteiger partial charge in [0.15, 0.2) is 0 Å². The van der Waals surface area contributed by atoms with E-state index in [0.29, 0.717) is 32.1 Å². The molecule has 2 atom stereocenters. The molecule has 2 N–H and O–H groups in total. The summed E-state index contributed by atoms with van der Waals surface area (Å²) < 4.78 is 29.2. The summed E-state index contributed by atoms with van der Waals surface area (Å²) in [7, 11) is -3.32. The second kappa shape index (κ2) is 7.90. The summed E-state index contributed by atoms with van der Waals surface area (Å²) in [6, 6.07) is -0.00144. The first-order valence-electron chi connectivity index (χ1n) is 8.56. The molecule has 21 heavy (non-hydrogen) atoms. The lowest BCUT2D eigenvalue weighted by Gasteiger charge is -2.37. The van der Waals surface area contributed by atoms with Crippen LogP contribution < -0.4 is 5.73 Å². The first-order chi connectivity index (χ1) is 10.1. The van der Waals surface area contributed by atoms with Crippen LogP contribution in [-0.2, 0) is 10.2 Å². The summed E-state index contributed by atoms with van der Waals surface area (Å²) in [5, 5.41) is 0. The zero-order valence-corrected chi connectivity index (χ0v) is 14.2. The molecule has 0 saturated carbocycles. The van der Waals surface area contributed by atoms with Crippen LogP contribution >= 0.6 is 0 Å². The molecule has 0 amide bonds. The molecule has 0 bridgehead atoms. The Balaban J connectivity index is 2.04. The van der Waals surface area contributed by atoms with Crippen molar-refractivity contribution in [3.8, 4) is 0 Å². The molecule has 2 aliphatic rings. The van der Waals surface area contributed by atoms with Gasteiger partial charge in [-0.2, -0.15) is 17.0 Å². The Morgan fingerprint density at radius 3 is 2.57 bits per heavy atom. The maximum absolute atomic E-state index is 12.9. The van der Waals surface area contributed by atoms with Crippen molar-refractivity contribution in [1.29, 1.82) is 0 Å². The monoisotopic (exact) mass is 317 g/mol. The van der Waals surface area contributed by atoms with Gasteiger partial charge >= 0.3 is 0 Å². The van der Waals surface area contributed by atoms with E-state index in [-0.39, 0.29) is 6.04 Å². The van der Waals surface area contributed by atoms with E-state index in [1.165, 1.54) is 19.3 Å². The smallest absolute Gasteiger partial charge is 0.282 e. The third-order valence-electron chi connectivity index (χ3n) is 4.97. The van der Waals surface area contributed by atoms with Crippen LogP contribution in [0.3, 0.4) is 0 Å². The summed E-state index contributed by atoms with van der Waals surface area (Å²) in [5.74, 6) is 0.696. The van der Waals surface area contributed by atoms with Gasteiger partial charge in [0, 0.05) is 32.2 Å². The highest BCUT2D eigenvalue weighted by atomic mass is 32.2. The Labute approximate surface area is 130 Å². The van der Waals surface area contributed by atoms with Crippen molar-refractivity contribution in [2.45, 2.75) is 64.3 Å². The summed E-state index contributed by atoms with van der Waals surface area (Å²) in [4.78, 5) is 0. The second-order valence-electron chi connectivity index (χ2n) is 6.49. The van der Waals surface area contributed by atoms with Crippen LogP contribution in [-0.4, -0.2) is 49.2 Å². The van der Waals surface area contributed by atoms with Crippen LogP contribution in [0.25, 0.3) is 0 Å². The van der Waals surface area contributed by atoms with Gasteiger partial charge in [0.1, 0.15) is 0 Å². The SMILES string of the molecule is CCCC1CCCN(S(=O)(=O)N2CCCCC2CN)CC1. The van der Waals surface area contributed by atoms with Crippen LogP contribution in [0.5, 0.6) is 0 Å². The summed E-state index contributed by atoms with van der Waals surface area (Å²) in [6.45, 7) is 4.64. The van der Waals surface area contributed by atoms with Crippen molar-refractivity contribution < 1.29 is 8.42 Å². The number of rotatable bonds is 5. The van der Waals surface area contributed by atoms with E-state index < -0.39 is 10.2 Å². The topological polar surface area (TPSA) is 66.6 Å². The average molecular weight is 317 g/mol. The lowest BCUT2D eigenvalue weighted by Crippen LogP contribution is -2.53. The Kier molecular flexibility index (Phi) is 6.47. The fraction of sp³-hybridized carbons (Fsp3) is 1.00. The molecule has 0 radical (unpaired) electrons. The Bertz CT molecular complexity index is 413.